The Labute approximate surface area is 142 Å². The number of phenolic OH excluding ortho intramolecular Hbond substituents is 1. The molecule has 1 heterocycles. The first-order valence-corrected chi connectivity index (χ1v) is 7.17. The molecule has 1 aromatic heterocycles. The number of nitriles is 1. The van der Waals surface area contributed by atoms with Crippen molar-refractivity contribution in [3.8, 4) is 11.8 Å². The number of hydrogen-bond acceptors (Lipinski definition) is 6. The Morgan fingerprint density at radius 2 is 2.12 bits per heavy atom. The summed E-state index contributed by atoms with van der Waals surface area (Å²) in [5, 5.41) is 21.3. The Hall–Kier alpha value is -2.98. The molecular formula is C16H13ClN2O5. The first-order chi connectivity index (χ1) is 11.3. The Morgan fingerprint density at radius 1 is 1.42 bits per heavy atom. The molecule has 8 heteroatoms. The second-order valence-electron chi connectivity index (χ2n) is 4.88. The number of ether oxygens (including phenoxy) is 1. The zero-order chi connectivity index (χ0) is 17.9. The molecule has 7 nitrogen and oxygen atoms in total. The fraction of sp³-hybridized carbons (Fsp3) is 0.188. The molecule has 2 N–H and O–H groups in total. The minimum Gasteiger partial charge on any atom is -0.507 e. The molecule has 1 amide bonds. The van der Waals surface area contributed by atoms with Crippen molar-refractivity contribution >= 4 is 29.4 Å². The molecule has 0 saturated carbocycles. The normalized spacial score (nSPS) is 10.1. The van der Waals surface area contributed by atoms with Crippen LogP contribution in [0.4, 0.5) is 5.88 Å². The van der Waals surface area contributed by atoms with Crippen LogP contribution >= 0.6 is 11.6 Å². The molecule has 0 unspecified atom stereocenters. The summed E-state index contributed by atoms with van der Waals surface area (Å²) in [6.07, 6.45) is 0. The van der Waals surface area contributed by atoms with Crippen LogP contribution in [0, 0.1) is 25.2 Å². The number of hydrogen-bond donors (Lipinski definition) is 2. The lowest BCUT2D eigenvalue weighted by molar-refractivity contribution is -0.119. The van der Waals surface area contributed by atoms with Gasteiger partial charge in [-0.15, -0.1) is 0 Å². The quantitative estimate of drug-likeness (QED) is 0.821. The number of rotatable bonds is 4. The van der Waals surface area contributed by atoms with Gasteiger partial charge in [-0.25, -0.2) is 4.79 Å². The third-order valence-corrected chi connectivity index (χ3v) is 3.50. The largest absolute Gasteiger partial charge is 0.507 e. The molecule has 124 valence electrons. The van der Waals surface area contributed by atoms with Crippen LogP contribution in [0.1, 0.15) is 27.2 Å². The van der Waals surface area contributed by atoms with Crippen molar-refractivity contribution in [3.05, 3.63) is 45.7 Å². The number of aromatic hydroxyl groups is 1. The Morgan fingerprint density at radius 3 is 2.79 bits per heavy atom. The van der Waals surface area contributed by atoms with Crippen LogP contribution in [0.2, 0.25) is 5.02 Å². The number of furan rings is 1. The van der Waals surface area contributed by atoms with Crippen LogP contribution in [0.3, 0.4) is 0 Å². The molecule has 0 fully saturated rings. The van der Waals surface area contributed by atoms with Crippen molar-refractivity contribution in [2.45, 2.75) is 13.8 Å². The molecule has 24 heavy (non-hydrogen) atoms. The highest BCUT2D eigenvalue weighted by molar-refractivity contribution is 6.31. The molecule has 0 bridgehead atoms. The standard InChI is InChI=1S/C16H13ClN2O5/c1-8-9(2)24-15(12(8)6-18)19-14(21)7-23-16(22)11-5-10(17)3-4-13(11)20/h3-5,20H,7H2,1-2H3,(H,19,21). The highest BCUT2D eigenvalue weighted by Crippen LogP contribution is 2.25. The Kier molecular flexibility index (Phi) is 5.11. The molecule has 0 atom stereocenters. The number of esters is 1. The summed E-state index contributed by atoms with van der Waals surface area (Å²) in [7, 11) is 0. The second-order valence-corrected chi connectivity index (χ2v) is 5.32. The van der Waals surface area contributed by atoms with Gasteiger partial charge in [0.05, 0.1) is 0 Å². The van der Waals surface area contributed by atoms with E-state index in [1.165, 1.54) is 18.2 Å². The minimum absolute atomic E-state index is 0.000785. The number of benzene rings is 1. The number of aryl methyl sites for hydroxylation is 1. The number of halogens is 1. The number of anilines is 1. The smallest absolute Gasteiger partial charge is 0.342 e. The van der Waals surface area contributed by atoms with Gasteiger partial charge in [0.1, 0.15) is 28.7 Å². The number of nitrogens with zero attached hydrogens (tertiary/aromatic N) is 1. The lowest BCUT2D eigenvalue weighted by Crippen LogP contribution is -2.21. The van der Waals surface area contributed by atoms with Crippen molar-refractivity contribution in [2.75, 3.05) is 11.9 Å². The zero-order valence-electron chi connectivity index (χ0n) is 12.8. The zero-order valence-corrected chi connectivity index (χ0v) is 13.6. The van der Waals surface area contributed by atoms with Crippen molar-refractivity contribution in [1.29, 1.82) is 5.26 Å². The van der Waals surface area contributed by atoms with E-state index < -0.39 is 18.5 Å². The summed E-state index contributed by atoms with van der Waals surface area (Å²) in [5.41, 5.74) is 0.672. The summed E-state index contributed by atoms with van der Waals surface area (Å²) in [5.74, 6) is -1.40. The predicted octanol–water partition coefficient (Wildman–Crippen LogP) is 2.92. The monoisotopic (exact) mass is 348 g/mol. The van der Waals surface area contributed by atoms with Crippen molar-refractivity contribution in [2.24, 2.45) is 0 Å². The average molecular weight is 349 g/mol. The lowest BCUT2D eigenvalue weighted by atomic mass is 10.2. The number of carbonyl (C=O) groups is 2. The van der Waals surface area contributed by atoms with Gasteiger partial charge in [0.2, 0.25) is 5.88 Å². The maximum absolute atomic E-state index is 11.9. The molecular weight excluding hydrogens is 336 g/mol. The third-order valence-electron chi connectivity index (χ3n) is 3.26. The fourth-order valence-electron chi connectivity index (χ4n) is 1.89. The average Bonchev–Trinajstić information content (AvgIpc) is 2.81. The summed E-state index contributed by atoms with van der Waals surface area (Å²) < 4.78 is 10.1. The van der Waals surface area contributed by atoms with Crippen LogP contribution in [0.5, 0.6) is 5.75 Å². The van der Waals surface area contributed by atoms with Crippen LogP contribution in [-0.2, 0) is 9.53 Å². The van der Waals surface area contributed by atoms with E-state index in [0.29, 0.717) is 11.3 Å². The first-order valence-electron chi connectivity index (χ1n) is 6.79. The summed E-state index contributed by atoms with van der Waals surface area (Å²) in [6.45, 7) is 2.73. The molecule has 0 saturated heterocycles. The van der Waals surface area contributed by atoms with Gasteiger partial charge in [0.15, 0.2) is 6.61 Å². The minimum atomic E-state index is -0.905. The van der Waals surface area contributed by atoms with Crippen LogP contribution < -0.4 is 5.32 Å². The second kappa shape index (κ2) is 7.06. The van der Waals surface area contributed by atoms with Gasteiger partial charge in [-0.3, -0.25) is 10.1 Å². The fourth-order valence-corrected chi connectivity index (χ4v) is 2.07. The van der Waals surface area contributed by atoms with E-state index in [2.05, 4.69) is 5.32 Å². The maximum Gasteiger partial charge on any atom is 0.342 e. The number of phenols is 1. The molecule has 2 rings (SSSR count). The van der Waals surface area contributed by atoms with Crippen molar-refractivity contribution in [1.82, 2.24) is 0 Å². The number of nitrogens with one attached hydrogen (secondary N) is 1. The lowest BCUT2D eigenvalue weighted by Gasteiger charge is -2.07. The van der Waals surface area contributed by atoms with E-state index in [9.17, 15) is 14.7 Å². The molecule has 0 aliphatic heterocycles. The molecule has 1 aromatic carbocycles. The maximum atomic E-state index is 11.9. The third kappa shape index (κ3) is 3.67. The Bertz CT molecular complexity index is 851. The molecule has 2 aromatic rings. The van der Waals surface area contributed by atoms with Crippen molar-refractivity contribution < 1.29 is 23.8 Å². The molecule has 0 aliphatic carbocycles. The van der Waals surface area contributed by atoms with Gasteiger partial charge in [-0.2, -0.15) is 5.26 Å². The number of amides is 1. The number of carbonyl (C=O) groups excluding carboxylic acids is 2. The highest BCUT2D eigenvalue weighted by atomic mass is 35.5. The summed E-state index contributed by atoms with van der Waals surface area (Å²) in [6, 6.07) is 5.81. The van der Waals surface area contributed by atoms with Gasteiger partial charge < -0.3 is 14.3 Å². The van der Waals surface area contributed by atoms with E-state index in [1.807, 2.05) is 6.07 Å². The molecule has 0 spiro atoms. The van der Waals surface area contributed by atoms with Gasteiger partial charge in [0.25, 0.3) is 5.91 Å². The van der Waals surface area contributed by atoms with Crippen LogP contribution in [0.25, 0.3) is 0 Å². The predicted molar refractivity (Wildman–Crippen MR) is 84.9 cm³/mol. The van der Waals surface area contributed by atoms with E-state index in [-0.39, 0.29) is 27.8 Å². The first kappa shape index (κ1) is 17.4. The van der Waals surface area contributed by atoms with Gasteiger partial charge in [0, 0.05) is 10.6 Å². The van der Waals surface area contributed by atoms with Gasteiger partial charge >= 0.3 is 5.97 Å². The van der Waals surface area contributed by atoms with Gasteiger partial charge in [-0.05, 0) is 32.0 Å². The molecule has 0 radical (unpaired) electrons. The SMILES string of the molecule is Cc1oc(NC(=O)COC(=O)c2cc(Cl)ccc2O)c(C#N)c1C. The van der Waals surface area contributed by atoms with Crippen molar-refractivity contribution in [3.63, 3.8) is 0 Å². The summed E-state index contributed by atoms with van der Waals surface area (Å²) >= 11 is 5.74. The van der Waals surface area contributed by atoms with Gasteiger partial charge in [-0.1, -0.05) is 11.6 Å². The van der Waals surface area contributed by atoms with E-state index in [0.717, 1.165) is 0 Å². The Balaban J connectivity index is 2.01. The van der Waals surface area contributed by atoms with Crippen LogP contribution in [-0.4, -0.2) is 23.6 Å². The van der Waals surface area contributed by atoms with E-state index in [1.54, 1.807) is 13.8 Å². The van der Waals surface area contributed by atoms with E-state index >= 15 is 0 Å². The topological polar surface area (TPSA) is 113 Å². The highest BCUT2D eigenvalue weighted by Gasteiger charge is 2.19. The summed E-state index contributed by atoms with van der Waals surface area (Å²) in [4.78, 5) is 23.7. The van der Waals surface area contributed by atoms with Crippen LogP contribution in [0.15, 0.2) is 22.6 Å². The molecule has 0 aliphatic rings. The van der Waals surface area contributed by atoms with E-state index in [4.69, 9.17) is 26.0 Å².